The summed E-state index contributed by atoms with van der Waals surface area (Å²) in [4.78, 5) is 50.1. The van der Waals surface area contributed by atoms with E-state index in [2.05, 4.69) is 17.1 Å². The molecule has 1 aliphatic carbocycles. The number of amides is 1. The third-order valence-electron chi connectivity index (χ3n) is 6.86. The average Bonchev–Trinajstić information content (AvgIpc) is 3.13. The highest BCUT2D eigenvalue weighted by molar-refractivity contribution is 5.81. The van der Waals surface area contributed by atoms with Gasteiger partial charge in [0.2, 0.25) is 5.91 Å². The fraction of sp³-hybridized carbons (Fsp3) is 0.815. The van der Waals surface area contributed by atoms with Gasteiger partial charge >= 0.3 is 5.97 Å². The van der Waals surface area contributed by atoms with Gasteiger partial charge in [-0.1, -0.05) is 44.8 Å². The molecule has 0 aliphatic heterocycles. The molecule has 0 heterocycles. The highest BCUT2D eigenvalue weighted by atomic mass is 17.0. The molecular formula is C27H46N2O9. The maximum atomic E-state index is 12.2. The minimum absolute atomic E-state index is 0.0913. The number of carbonyl (C=O) groups is 3. The van der Waals surface area contributed by atoms with E-state index in [1.807, 2.05) is 12.2 Å². The molecule has 11 nitrogen and oxygen atoms in total. The summed E-state index contributed by atoms with van der Waals surface area (Å²) in [5.74, 6) is -0.981. The average molecular weight is 543 g/mol. The molecule has 1 aliphatic rings. The van der Waals surface area contributed by atoms with Crippen LogP contribution in [-0.2, 0) is 24.0 Å². The van der Waals surface area contributed by atoms with Gasteiger partial charge in [-0.2, -0.15) is 0 Å². The van der Waals surface area contributed by atoms with Crippen LogP contribution in [0.15, 0.2) is 12.2 Å². The number of unbranched alkanes of at least 4 members (excludes halogenated alkanes) is 5. The van der Waals surface area contributed by atoms with Crippen molar-refractivity contribution in [2.45, 2.75) is 116 Å². The van der Waals surface area contributed by atoms with Gasteiger partial charge in [0.25, 0.3) is 5.09 Å². The van der Waals surface area contributed by atoms with Gasteiger partial charge in [0.15, 0.2) is 0 Å². The van der Waals surface area contributed by atoms with Gasteiger partial charge in [-0.05, 0) is 57.3 Å². The third kappa shape index (κ3) is 15.0. The van der Waals surface area contributed by atoms with Crippen molar-refractivity contribution in [3.63, 3.8) is 0 Å². The van der Waals surface area contributed by atoms with E-state index in [1.54, 1.807) is 0 Å². The minimum Gasteiger partial charge on any atom is -0.462 e. The monoisotopic (exact) mass is 542 g/mol. The number of esters is 1. The van der Waals surface area contributed by atoms with Crippen LogP contribution in [0.3, 0.4) is 0 Å². The van der Waals surface area contributed by atoms with E-state index in [0.29, 0.717) is 44.9 Å². The first-order valence-electron chi connectivity index (χ1n) is 13.9. The van der Waals surface area contributed by atoms with Crippen LogP contribution in [0.1, 0.15) is 97.3 Å². The van der Waals surface area contributed by atoms with Crippen molar-refractivity contribution < 1.29 is 39.3 Å². The van der Waals surface area contributed by atoms with Crippen LogP contribution in [0.4, 0.5) is 0 Å². The standard InChI is InChI=1S/C27H46N2O9/c1-3-4-5-6-9-12-21(30)15-16-23-22(24(31)17-25(23)32)13-10-7-8-11-14-26(33)28-18-27(34)37-19-20(2)38-29(35)36/h7,10,20,22-25,31-32H,3-6,8-9,11-19H2,1-2H3,(H,28,33)/b10-7-/t20?,22-,23-,24+,25-/m1/s1. The van der Waals surface area contributed by atoms with Crippen molar-refractivity contribution in [2.24, 2.45) is 11.8 Å². The summed E-state index contributed by atoms with van der Waals surface area (Å²) in [6.45, 7) is 2.93. The molecule has 0 bridgehead atoms. The van der Waals surface area contributed by atoms with Crippen molar-refractivity contribution in [1.82, 2.24) is 5.32 Å². The first kappa shape index (κ1) is 33.5. The van der Waals surface area contributed by atoms with Crippen molar-refractivity contribution in [3.05, 3.63) is 22.3 Å². The smallest absolute Gasteiger partial charge is 0.325 e. The molecule has 3 N–H and O–H groups in total. The molecule has 0 saturated heterocycles. The molecule has 1 unspecified atom stereocenters. The molecule has 0 radical (unpaired) electrons. The fourth-order valence-electron chi connectivity index (χ4n) is 4.73. The number of carbonyl (C=O) groups excluding carboxylic acids is 3. The molecular weight excluding hydrogens is 496 g/mol. The molecule has 0 aromatic carbocycles. The molecule has 1 fully saturated rings. The van der Waals surface area contributed by atoms with E-state index in [1.165, 1.54) is 19.8 Å². The fourth-order valence-corrected chi connectivity index (χ4v) is 4.73. The van der Waals surface area contributed by atoms with E-state index in [4.69, 9.17) is 4.74 Å². The van der Waals surface area contributed by atoms with Crippen LogP contribution >= 0.6 is 0 Å². The summed E-state index contributed by atoms with van der Waals surface area (Å²) >= 11 is 0. The maximum absolute atomic E-state index is 12.2. The number of ketones is 1. The van der Waals surface area contributed by atoms with Crippen molar-refractivity contribution in [1.29, 1.82) is 0 Å². The number of aliphatic hydroxyl groups excluding tert-OH is 2. The number of rotatable bonds is 21. The highest BCUT2D eigenvalue weighted by Gasteiger charge is 2.40. The van der Waals surface area contributed by atoms with Gasteiger partial charge in [-0.25, -0.2) is 0 Å². The number of nitrogens with one attached hydrogen (secondary N) is 1. The number of hydrogen-bond acceptors (Lipinski definition) is 9. The van der Waals surface area contributed by atoms with Crippen molar-refractivity contribution in [2.75, 3.05) is 13.2 Å². The molecule has 0 aromatic rings. The number of ether oxygens (including phenoxy) is 1. The Bertz CT molecular complexity index is 759. The van der Waals surface area contributed by atoms with Gasteiger partial charge in [-0.15, -0.1) is 10.1 Å². The molecule has 1 rings (SSSR count). The van der Waals surface area contributed by atoms with Crippen molar-refractivity contribution >= 4 is 17.7 Å². The van der Waals surface area contributed by atoms with Crippen LogP contribution in [0.25, 0.3) is 0 Å². The Balaban J connectivity index is 2.24. The summed E-state index contributed by atoms with van der Waals surface area (Å²) in [5, 5.41) is 32.5. The molecule has 1 amide bonds. The van der Waals surface area contributed by atoms with E-state index >= 15 is 0 Å². The normalized spacial score (nSPS) is 21.8. The molecule has 218 valence electrons. The molecule has 11 heteroatoms. The van der Waals surface area contributed by atoms with Crippen LogP contribution in [0.5, 0.6) is 0 Å². The number of aliphatic hydroxyl groups is 2. The van der Waals surface area contributed by atoms with Gasteiger partial charge in [0, 0.05) is 19.3 Å². The van der Waals surface area contributed by atoms with Crippen LogP contribution in [0, 0.1) is 22.0 Å². The Morgan fingerprint density at radius 3 is 2.45 bits per heavy atom. The minimum atomic E-state index is -0.966. The molecule has 1 saturated carbocycles. The lowest BCUT2D eigenvalue weighted by molar-refractivity contribution is -0.767. The van der Waals surface area contributed by atoms with Crippen LogP contribution < -0.4 is 5.32 Å². The third-order valence-corrected chi connectivity index (χ3v) is 6.86. The maximum Gasteiger partial charge on any atom is 0.325 e. The first-order chi connectivity index (χ1) is 18.1. The zero-order valence-electron chi connectivity index (χ0n) is 22.8. The summed E-state index contributed by atoms with van der Waals surface area (Å²) in [6.07, 6.45) is 11.3. The SMILES string of the molecule is CCCCCCCC(=O)CC[C@@H]1[C@@H](C/C=C\CCCC(=O)NCC(=O)OCC(C)O[N+](=O)[O-])[C@@H](O)C[C@H]1O. The summed E-state index contributed by atoms with van der Waals surface area (Å²) in [7, 11) is 0. The highest BCUT2D eigenvalue weighted by Crippen LogP contribution is 2.38. The zero-order valence-corrected chi connectivity index (χ0v) is 22.8. The Morgan fingerprint density at radius 1 is 1.03 bits per heavy atom. The quantitative estimate of drug-likeness (QED) is 0.0647. The van der Waals surface area contributed by atoms with Crippen molar-refractivity contribution in [3.8, 4) is 0 Å². The second-order valence-electron chi connectivity index (χ2n) is 10.1. The Morgan fingerprint density at radius 2 is 1.74 bits per heavy atom. The van der Waals surface area contributed by atoms with E-state index < -0.39 is 29.4 Å². The number of allylic oxidation sites excluding steroid dienone is 2. The first-order valence-corrected chi connectivity index (χ1v) is 13.9. The Kier molecular flexibility index (Phi) is 17.2. The Labute approximate surface area is 225 Å². The molecule has 0 aromatic heterocycles. The molecule has 38 heavy (non-hydrogen) atoms. The van der Waals surface area contributed by atoms with Gasteiger partial charge < -0.3 is 25.1 Å². The second-order valence-corrected chi connectivity index (χ2v) is 10.1. The topological polar surface area (TPSA) is 165 Å². The van der Waals surface area contributed by atoms with Crippen LogP contribution in [-0.4, -0.2) is 64.4 Å². The molecule has 5 atom stereocenters. The van der Waals surface area contributed by atoms with Crippen LogP contribution in [0.2, 0.25) is 0 Å². The summed E-state index contributed by atoms with van der Waals surface area (Å²) < 4.78 is 4.80. The summed E-state index contributed by atoms with van der Waals surface area (Å²) in [5.41, 5.74) is 0. The zero-order chi connectivity index (χ0) is 28.3. The number of Topliss-reactive ketones (excluding diaryl/α,β-unsaturated/α-hetero) is 1. The van der Waals surface area contributed by atoms with Gasteiger partial charge in [0.05, 0.1) is 12.2 Å². The lowest BCUT2D eigenvalue weighted by atomic mass is 9.86. The van der Waals surface area contributed by atoms with Gasteiger partial charge in [0.1, 0.15) is 25.0 Å². The van der Waals surface area contributed by atoms with E-state index in [-0.39, 0.29) is 43.1 Å². The lowest BCUT2D eigenvalue weighted by Crippen LogP contribution is -2.32. The van der Waals surface area contributed by atoms with Gasteiger partial charge in [-0.3, -0.25) is 14.4 Å². The van der Waals surface area contributed by atoms with E-state index in [9.17, 15) is 34.7 Å². The number of nitrogens with zero attached hydrogens (tertiary/aromatic N) is 1. The lowest BCUT2D eigenvalue weighted by Gasteiger charge is -2.22. The predicted octanol–water partition coefficient (Wildman–Crippen LogP) is 3.43. The second kappa shape index (κ2) is 19.5. The molecule has 0 spiro atoms. The summed E-state index contributed by atoms with van der Waals surface area (Å²) in [6, 6.07) is 0. The number of hydrogen-bond donors (Lipinski definition) is 3. The van der Waals surface area contributed by atoms with E-state index in [0.717, 1.165) is 19.3 Å². The largest absolute Gasteiger partial charge is 0.462 e. The Hall–Kier alpha value is -2.53. The predicted molar refractivity (Wildman–Crippen MR) is 140 cm³/mol.